The second-order valence-corrected chi connectivity index (χ2v) is 13.1. The Morgan fingerprint density at radius 1 is 1.20 bits per heavy atom. The Labute approximate surface area is 244 Å². The van der Waals surface area contributed by atoms with Gasteiger partial charge in [-0.2, -0.15) is 0 Å². The molecule has 1 aliphatic rings. The number of amides is 1. The Balaban J connectivity index is 1.34. The number of ether oxygens (including phenoxy) is 2. The van der Waals surface area contributed by atoms with Crippen LogP contribution in [-0.2, 0) is 30.8 Å². The summed E-state index contributed by atoms with van der Waals surface area (Å²) in [6.07, 6.45) is 2.94. The summed E-state index contributed by atoms with van der Waals surface area (Å²) in [4.78, 5) is 32.7. The van der Waals surface area contributed by atoms with Crippen molar-refractivity contribution in [3.05, 3.63) is 58.5 Å². The van der Waals surface area contributed by atoms with Gasteiger partial charge in [-0.25, -0.2) is 23.4 Å². The topological polar surface area (TPSA) is 154 Å². The standard InChI is InChI=1S/C26H28N6O6S3/c1-27-10-2-12-37-21-8-7-20-25(30-21)40-26(29-20)31-24(33)23(32-38-16-22-28-11-14-39-22)17-3-5-18(6-4-17)41(34,35)19-9-13-36-15-19/h3-8,11,14,19,27H,2,9-10,12-13,15-16H2,1H3,(H,29,31,33)/t19-/m0/s1. The van der Waals surface area contributed by atoms with Gasteiger partial charge >= 0.3 is 0 Å². The van der Waals surface area contributed by atoms with E-state index < -0.39 is 21.0 Å². The molecule has 0 radical (unpaired) electrons. The summed E-state index contributed by atoms with van der Waals surface area (Å²) < 4.78 is 36.8. The maximum Gasteiger partial charge on any atom is 0.280 e. The molecular formula is C26H28N6O6S3. The van der Waals surface area contributed by atoms with Gasteiger partial charge in [0.2, 0.25) is 5.88 Å². The van der Waals surface area contributed by atoms with Crippen molar-refractivity contribution in [2.45, 2.75) is 29.6 Å². The number of aromatic nitrogens is 3. The van der Waals surface area contributed by atoms with Crippen molar-refractivity contribution < 1.29 is 27.5 Å². The third kappa shape index (κ3) is 7.23. The zero-order valence-corrected chi connectivity index (χ0v) is 24.6. The molecule has 4 aromatic rings. The highest BCUT2D eigenvalue weighted by Crippen LogP contribution is 2.27. The molecule has 1 saturated heterocycles. The van der Waals surface area contributed by atoms with Gasteiger partial charge in [-0.3, -0.25) is 10.1 Å². The quantitative estimate of drug-likeness (QED) is 0.130. The number of carbonyl (C=O) groups excluding carboxylic acids is 1. The first-order valence-electron chi connectivity index (χ1n) is 12.8. The number of nitrogens with zero attached hydrogens (tertiary/aromatic N) is 4. The smallest absolute Gasteiger partial charge is 0.280 e. The fraction of sp³-hybridized carbons (Fsp3) is 0.346. The minimum atomic E-state index is -3.56. The number of nitrogens with one attached hydrogen (secondary N) is 2. The monoisotopic (exact) mass is 616 g/mol. The van der Waals surface area contributed by atoms with Crippen molar-refractivity contribution >= 4 is 59.6 Å². The highest BCUT2D eigenvalue weighted by atomic mass is 32.2. The first-order valence-corrected chi connectivity index (χ1v) is 16.0. The molecule has 5 rings (SSSR count). The van der Waals surface area contributed by atoms with E-state index in [4.69, 9.17) is 14.3 Å². The van der Waals surface area contributed by atoms with Gasteiger partial charge in [0, 0.05) is 29.8 Å². The lowest BCUT2D eigenvalue weighted by molar-refractivity contribution is -0.110. The number of rotatable bonds is 13. The fourth-order valence-corrected chi connectivity index (χ4v) is 6.90. The summed E-state index contributed by atoms with van der Waals surface area (Å²) >= 11 is 2.59. The minimum absolute atomic E-state index is 0.0459. The second kappa shape index (κ2) is 13.4. The van der Waals surface area contributed by atoms with Gasteiger partial charge in [0.1, 0.15) is 15.4 Å². The molecule has 2 N–H and O–H groups in total. The molecular weight excluding hydrogens is 589 g/mol. The molecule has 4 heterocycles. The number of sulfone groups is 1. The Morgan fingerprint density at radius 2 is 2.05 bits per heavy atom. The molecule has 0 bridgehead atoms. The lowest BCUT2D eigenvalue weighted by Gasteiger charge is -2.11. The van der Waals surface area contributed by atoms with Gasteiger partial charge in [0.25, 0.3) is 5.91 Å². The number of carbonyl (C=O) groups is 1. The molecule has 1 amide bonds. The second-order valence-electron chi connectivity index (χ2n) is 8.95. The average Bonchev–Trinajstić information content (AvgIpc) is 3.76. The Hall–Kier alpha value is -3.50. The molecule has 12 nitrogen and oxygen atoms in total. The Morgan fingerprint density at radius 3 is 2.78 bits per heavy atom. The van der Waals surface area contributed by atoms with Crippen LogP contribution in [0.4, 0.5) is 5.13 Å². The van der Waals surface area contributed by atoms with E-state index in [1.54, 1.807) is 18.3 Å². The highest BCUT2D eigenvalue weighted by Gasteiger charge is 2.31. The number of hydrogen-bond acceptors (Lipinski definition) is 13. The van der Waals surface area contributed by atoms with Crippen LogP contribution in [0.25, 0.3) is 10.3 Å². The summed E-state index contributed by atoms with van der Waals surface area (Å²) in [6, 6.07) is 9.51. The van der Waals surface area contributed by atoms with E-state index in [2.05, 4.69) is 30.7 Å². The van der Waals surface area contributed by atoms with Crippen LogP contribution in [0.2, 0.25) is 0 Å². The van der Waals surface area contributed by atoms with E-state index in [-0.39, 0.29) is 23.8 Å². The van der Waals surface area contributed by atoms with Gasteiger partial charge in [0.05, 0.1) is 23.4 Å². The molecule has 41 heavy (non-hydrogen) atoms. The van der Waals surface area contributed by atoms with Gasteiger partial charge in [-0.05, 0) is 44.6 Å². The van der Waals surface area contributed by atoms with Crippen molar-refractivity contribution in [2.75, 3.05) is 38.7 Å². The van der Waals surface area contributed by atoms with Crippen LogP contribution in [-0.4, -0.2) is 73.7 Å². The molecule has 0 saturated carbocycles. The predicted molar refractivity (Wildman–Crippen MR) is 156 cm³/mol. The van der Waals surface area contributed by atoms with Crippen LogP contribution >= 0.6 is 22.7 Å². The number of oxime groups is 1. The Bertz CT molecular complexity index is 1600. The van der Waals surface area contributed by atoms with Crippen molar-refractivity contribution in [1.82, 2.24) is 20.3 Å². The van der Waals surface area contributed by atoms with Crippen molar-refractivity contribution in [3.8, 4) is 5.88 Å². The first-order chi connectivity index (χ1) is 19.9. The van der Waals surface area contributed by atoms with Gasteiger partial charge < -0.3 is 19.6 Å². The highest BCUT2D eigenvalue weighted by molar-refractivity contribution is 7.92. The zero-order valence-electron chi connectivity index (χ0n) is 22.1. The number of hydrogen-bond donors (Lipinski definition) is 2. The van der Waals surface area contributed by atoms with Crippen LogP contribution in [0.3, 0.4) is 0 Å². The fourth-order valence-electron chi connectivity index (χ4n) is 3.97. The summed E-state index contributed by atoms with van der Waals surface area (Å²) in [5.41, 5.74) is 0.937. The predicted octanol–water partition coefficient (Wildman–Crippen LogP) is 3.26. The molecule has 1 atom stereocenters. The van der Waals surface area contributed by atoms with Crippen LogP contribution in [0.5, 0.6) is 5.88 Å². The molecule has 1 aliphatic heterocycles. The average molecular weight is 617 g/mol. The van der Waals surface area contributed by atoms with Crippen LogP contribution < -0.4 is 15.4 Å². The molecule has 1 aromatic carbocycles. The number of thiazole rings is 2. The maximum absolute atomic E-state index is 13.4. The minimum Gasteiger partial charge on any atom is -0.478 e. The lowest BCUT2D eigenvalue weighted by Crippen LogP contribution is -2.25. The SMILES string of the molecule is CNCCCOc1ccc2nc(NC(=O)C(=NOCc3nccs3)c3ccc(S(=O)(=O)[C@H]4CCOC4)cc3)sc2n1. The van der Waals surface area contributed by atoms with Crippen LogP contribution in [0.15, 0.2) is 58.0 Å². The van der Waals surface area contributed by atoms with E-state index in [0.717, 1.165) is 13.0 Å². The molecule has 1 fully saturated rings. The number of anilines is 1. The molecule has 0 aliphatic carbocycles. The normalized spacial score (nSPS) is 15.7. The van der Waals surface area contributed by atoms with E-state index in [9.17, 15) is 13.2 Å². The molecule has 3 aromatic heterocycles. The summed E-state index contributed by atoms with van der Waals surface area (Å²) in [5, 5.41) is 12.2. The molecule has 216 valence electrons. The van der Waals surface area contributed by atoms with Gasteiger partial charge in [0.15, 0.2) is 27.3 Å². The van der Waals surface area contributed by atoms with Gasteiger partial charge in [-0.1, -0.05) is 28.6 Å². The molecule has 0 spiro atoms. The van der Waals surface area contributed by atoms with Crippen molar-refractivity contribution in [2.24, 2.45) is 5.16 Å². The molecule has 0 unspecified atom stereocenters. The van der Waals surface area contributed by atoms with E-state index in [1.807, 2.05) is 12.4 Å². The van der Waals surface area contributed by atoms with Crippen molar-refractivity contribution in [1.29, 1.82) is 0 Å². The van der Waals surface area contributed by atoms with E-state index in [0.29, 0.717) is 51.6 Å². The summed E-state index contributed by atoms with van der Waals surface area (Å²) in [5.74, 6) is -0.0984. The van der Waals surface area contributed by atoms with E-state index >= 15 is 0 Å². The third-order valence-corrected chi connectivity index (χ3v) is 9.91. The van der Waals surface area contributed by atoms with Crippen LogP contribution in [0.1, 0.15) is 23.4 Å². The largest absolute Gasteiger partial charge is 0.478 e. The van der Waals surface area contributed by atoms with E-state index in [1.165, 1.54) is 46.9 Å². The molecule has 15 heteroatoms. The summed E-state index contributed by atoms with van der Waals surface area (Å²) in [6.45, 7) is 2.03. The number of pyridine rings is 1. The first kappa shape index (κ1) is 29.0. The Kier molecular flexibility index (Phi) is 9.51. The maximum atomic E-state index is 13.4. The van der Waals surface area contributed by atoms with Crippen LogP contribution in [0, 0.1) is 0 Å². The van der Waals surface area contributed by atoms with Gasteiger partial charge in [-0.15, -0.1) is 11.3 Å². The summed E-state index contributed by atoms with van der Waals surface area (Å²) in [7, 11) is -1.67. The van der Waals surface area contributed by atoms with Crippen molar-refractivity contribution in [3.63, 3.8) is 0 Å². The number of benzene rings is 1. The third-order valence-electron chi connectivity index (χ3n) is 6.10. The zero-order chi connectivity index (χ0) is 28.7. The number of fused-ring (bicyclic) bond motifs is 1. The lowest BCUT2D eigenvalue weighted by atomic mass is 10.1.